The lowest BCUT2D eigenvalue weighted by atomic mass is 10.2. The summed E-state index contributed by atoms with van der Waals surface area (Å²) in [5.41, 5.74) is 0.684. The molecule has 1 aliphatic rings. The predicted molar refractivity (Wildman–Crippen MR) is 87.9 cm³/mol. The summed E-state index contributed by atoms with van der Waals surface area (Å²) in [4.78, 5) is 21.0. The van der Waals surface area contributed by atoms with E-state index in [1.807, 2.05) is 51.1 Å². The molecule has 0 unspecified atom stereocenters. The summed E-state index contributed by atoms with van der Waals surface area (Å²) in [5, 5.41) is 6.01. The van der Waals surface area contributed by atoms with Gasteiger partial charge in [-0.05, 0) is 39.3 Å². The fourth-order valence-corrected chi connectivity index (χ4v) is 1.85. The SMILES string of the molecule is CC(C)(C)OC=O.O=C(N[C@@H]1CCNC1)OCc1ccccc1. The van der Waals surface area contributed by atoms with Crippen LogP contribution in [0.4, 0.5) is 4.79 Å². The third kappa shape index (κ3) is 9.52. The van der Waals surface area contributed by atoms with E-state index in [-0.39, 0.29) is 17.7 Å². The zero-order valence-corrected chi connectivity index (χ0v) is 14.0. The molecule has 0 radical (unpaired) electrons. The van der Waals surface area contributed by atoms with Gasteiger partial charge in [0, 0.05) is 12.6 Å². The second-order valence-electron chi connectivity index (χ2n) is 6.22. The average molecular weight is 322 g/mol. The van der Waals surface area contributed by atoms with Gasteiger partial charge in [-0.2, -0.15) is 0 Å². The number of rotatable bonds is 4. The van der Waals surface area contributed by atoms with Crippen molar-refractivity contribution in [3.05, 3.63) is 35.9 Å². The Morgan fingerprint density at radius 2 is 2.04 bits per heavy atom. The maximum Gasteiger partial charge on any atom is 0.407 e. The van der Waals surface area contributed by atoms with Gasteiger partial charge in [-0.1, -0.05) is 30.3 Å². The molecule has 1 saturated heterocycles. The third-order valence-corrected chi connectivity index (χ3v) is 3.00. The number of amides is 1. The summed E-state index contributed by atoms with van der Waals surface area (Å²) in [5.74, 6) is 0. The highest BCUT2D eigenvalue weighted by Gasteiger charge is 2.16. The molecule has 0 bridgehead atoms. The molecule has 6 nitrogen and oxygen atoms in total. The van der Waals surface area contributed by atoms with Crippen LogP contribution in [0.2, 0.25) is 0 Å². The first-order valence-electron chi connectivity index (χ1n) is 7.70. The first-order chi connectivity index (χ1) is 10.9. The van der Waals surface area contributed by atoms with Gasteiger partial charge in [0.25, 0.3) is 6.47 Å². The average Bonchev–Trinajstić information content (AvgIpc) is 2.98. The summed E-state index contributed by atoms with van der Waals surface area (Å²) in [6, 6.07) is 9.88. The van der Waals surface area contributed by atoms with E-state index < -0.39 is 0 Å². The van der Waals surface area contributed by atoms with Gasteiger partial charge >= 0.3 is 6.09 Å². The van der Waals surface area contributed by atoms with Crippen molar-refractivity contribution in [3.63, 3.8) is 0 Å². The van der Waals surface area contributed by atoms with Crippen LogP contribution in [0.5, 0.6) is 0 Å². The molecule has 1 aliphatic heterocycles. The lowest BCUT2D eigenvalue weighted by Gasteiger charge is -2.14. The zero-order chi connectivity index (χ0) is 17.1. The van der Waals surface area contributed by atoms with Crippen LogP contribution in [0.15, 0.2) is 30.3 Å². The van der Waals surface area contributed by atoms with Crippen molar-refractivity contribution in [2.75, 3.05) is 13.1 Å². The lowest BCUT2D eigenvalue weighted by molar-refractivity contribution is -0.138. The Morgan fingerprint density at radius 1 is 1.35 bits per heavy atom. The minimum absolute atomic E-state index is 0.211. The second kappa shape index (κ2) is 9.84. The molecule has 0 spiro atoms. The van der Waals surface area contributed by atoms with Crippen LogP contribution < -0.4 is 10.6 Å². The van der Waals surface area contributed by atoms with Crippen LogP contribution in [0.3, 0.4) is 0 Å². The lowest BCUT2D eigenvalue weighted by Crippen LogP contribution is -2.36. The maximum absolute atomic E-state index is 11.4. The minimum atomic E-state index is -0.336. The molecular formula is C17H26N2O4. The van der Waals surface area contributed by atoms with Gasteiger partial charge in [0.2, 0.25) is 0 Å². The maximum atomic E-state index is 11.4. The van der Waals surface area contributed by atoms with Gasteiger partial charge in [-0.25, -0.2) is 4.79 Å². The Bertz CT molecular complexity index is 465. The first-order valence-corrected chi connectivity index (χ1v) is 7.70. The fourth-order valence-electron chi connectivity index (χ4n) is 1.85. The van der Waals surface area contributed by atoms with Crippen molar-refractivity contribution >= 4 is 12.6 Å². The molecule has 23 heavy (non-hydrogen) atoms. The molecule has 1 atom stereocenters. The molecule has 128 valence electrons. The number of hydrogen-bond acceptors (Lipinski definition) is 5. The Morgan fingerprint density at radius 3 is 2.52 bits per heavy atom. The first kappa shape index (κ1) is 19.0. The van der Waals surface area contributed by atoms with Gasteiger partial charge in [-0.3, -0.25) is 4.79 Å². The van der Waals surface area contributed by atoms with Crippen LogP contribution in [-0.4, -0.2) is 37.3 Å². The number of hydrogen-bond donors (Lipinski definition) is 2. The van der Waals surface area contributed by atoms with E-state index >= 15 is 0 Å². The molecule has 1 aromatic carbocycles. The van der Waals surface area contributed by atoms with Crippen LogP contribution in [0.25, 0.3) is 0 Å². The van der Waals surface area contributed by atoms with E-state index in [2.05, 4.69) is 15.4 Å². The van der Waals surface area contributed by atoms with Crippen molar-refractivity contribution < 1.29 is 19.1 Å². The van der Waals surface area contributed by atoms with Gasteiger partial charge in [-0.15, -0.1) is 0 Å². The number of carbonyl (C=O) groups excluding carboxylic acids is 2. The normalized spacial score (nSPS) is 16.7. The number of benzene rings is 1. The Hall–Kier alpha value is -2.08. The molecular weight excluding hydrogens is 296 g/mol. The van der Waals surface area contributed by atoms with E-state index in [1.165, 1.54) is 0 Å². The summed E-state index contributed by atoms with van der Waals surface area (Å²) < 4.78 is 9.66. The minimum Gasteiger partial charge on any atom is -0.462 e. The van der Waals surface area contributed by atoms with Gasteiger partial charge in [0.05, 0.1) is 0 Å². The monoisotopic (exact) mass is 322 g/mol. The topological polar surface area (TPSA) is 76.7 Å². The zero-order valence-electron chi connectivity index (χ0n) is 14.0. The summed E-state index contributed by atoms with van der Waals surface area (Å²) in [7, 11) is 0. The second-order valence-corrected chi connectivity index (χ2v) is 6.22. The van der Waals surface area contributed by atoms with E-state index in [1.54, 1.807) is 0 Å². The third-order valence-electron chi connectivity index (χ3n) is 3.00. The van der Waals surface area contributed by atoms with E-state index in [4.69, 9.17) is 4.74 Å². The molecule has 1 fully saturated rings. The molecule has 0 aliphatic carbocycles. The van der Waals surface area contributed by atoms with Crippen LogP contribution in [-0.2, 0) is 20.9 Å². The molecule has 1 heterocycles. The highest BCUT2D eigenvalue weighted by atomic mass is 16.5. The molecule has 1 aromatic rings. The van der Waals surface area contributed by atoms with E-state index in [0.717, 1.165) is 25.1 Å². The molecule has 2 rings (SSSR count). The summed E-state index contributed by atoms with van der Waals surface area (Å²) in [6.45, 7) is 8.04. The van der Waals surface area contributed by atoms with Crippen molar-refractivity contribution in [3.8, 4) is 0 Å². The molecule has 2 N–H and O–H groups in total. The fraction of sp³-hybridized carbons (Fsp3) is 0.529. The number of carbonyl (C=O) groups is 2. The number of alkyl carbamates (subject to hydrolysis) is 1. The van der Waals surface area contributed by atoms with Crippen molar-refractivity contribution in [2.45, 2.75) is 45.4 Å². The van der Waals surface area contributed by atoms with Crippen molar-refractivity contribution in [1.82, 2.24) is 10.6 Å². The van der Waals surface area contributed by atoms with E-state index in [9.17, 15) is 9.59 Å². The van der Waals surface area contributed by atoms with Gasteiger partial charge < -0.3 is 20.1 Å². The summed E-state index contributed by atoms with van der Waals surface area (Å²) >= 11 is 0. The summed E-state index contributed by atoms with van der Waals surface area (Å²) in [6.07, 6.45) is 0.637. The molecule has 0 aromatic heterocycles. The number of ether oxygens (including phenoxy) is 2. The molecule has 6 heteroatoms. The van der Waals surface area contributed by atoms with E-state index in [0.29, 0.717) is 13.1 Å². The molecule has 1 amide bonds. The standard InChI is InChI=1S/C12H16N2O2.C5H10O2/c15-12(14-11-6-7-13-8-11)16-9-10-4-2-1-3-5-10;1-5(2,3)7-4-6/h1-5,11,13H,6-9H2,(H,14,15);4H,1-3H3/t11-;/m1./s1. The van der Waals surface area contributed by atoms with Crippen LogP contribution in [0, 0.1) is 0 Å². The largest absolute Gasteiger partial charge is 0.462 e. The van der Waals surface area contributed by atoms with Crippen LogP contribution >= 0.6 is 0 Å². The van der Waals surface area contributed by atoms with Gasteiger partial charge in [0.1, 0.15) is 12.2 Å². The van der Waals surface area contributed by atoms with Gasteiger partial charge in [0.15, 0.2) is 0 Å². The van der Waals surface area contributed by atoms with Crippen molar-refractivity contribution in [2.24, 2.45) is 0 Å². The van der Waals surface area contributed by atoms with Crippen LogP contribution in [0.1, 0.15) is 32.8 Å². The highest BCUT2D eigenvalue weighted by Crippen LogP contribution is 2.03. The Labute approximate surface area is 137 Å². The highest BCUT2D eigenvalue weighted by molar-refractivity contribution is 5.67. The predicted octanol–water partition coefficient (Wildman–Crippen LogP) is 2.23. The van der Waals surface area contributed by atoms with Crippen molar-refractivity contribution in [1.29, 1.82) is 0 Å². The Balaban J connectivity index is 0.000000322. The Kier molecular flexibility index (Phi) is 8.11. The quantitative estimate of drug-likeness (QED) is 0.831. The number of nitrogens with one attached hydrogen (secondary N) is 2. The smallest absolute Gasteiger partial charge is 0.407 e. The molecule has 0 saturated carbocycles.